The molecule has 0 aromatic rings. The summed E-state index contributed by atoms with van der Waals surface area (Å²) in [7, 11) is 0. The molecule has 1 fully saturated rings. The first-order chi connectivity index (χ1) is 3.43. The van der Waals surface area contributed by atoms with Gasteiger partial charge in [0.1, 0.15) is 0 Å². The van der Waals surface area contributed by atoms with Crippen molar-refractivity contribution in [2.45, 2.75) is 25.7 Å². The van der Waals surface area contributed by atoms with Crippen molar-refractivity contribution in [2.24, 2.45) is 5.92 Å². The molecule has 0 aromatic heterocycles. The molecule has 0 N–H and O–H groups in total. The van der Waals surface area contributed by atoms with Gasteiger partial charge < -0.3 is 2.85 Å². The first kappa shape index (κ1) is 9.25. The molecular formula is C6H13BrMg. The summed E-state index contributed by atoms with van der Waals surface area (Å²) in [4.78, 5) is 0. The van der Waals surface area contributed by atoms with Crippen molar-refractivity contribution in [3.63, 3.8) is 0 Å². The van der Waals surface area contributed by atoms with Crippen LogP contribution in [-0.4, -0.2) is 28.4 Å². The predicted octanol–water partition coefficient (Wildman–Crippen LogP) is 2.42. The first-order valence-electron chi connectivity index (χ1n) is 2.99. The molecule has 1 rings (SSSR count). The van der Waals surface area contributed by atoms with E-state index < -0.39 is 0 Å². The van der Waals surface area contributed by atoms with E-state index in [0.717, 1.165) is 5.92 Å². The zero-order chi connectivity index (χ0) is 5.11. The van der Waals surface area contributed by atoms with E-state index in [-0.39, 0.29) is 25.9 Å². The van der Waals surface area contributed by atoms with Crippen molar-refractivity contribution < 1.29 is 2.85 Å². The molecular weight excluding hydrogens is 176 g/mol. The van der Waals surface area contributed by atoms with Crippen LogP contribution in [0.15, 0.2) is 0 Å². The van der Waals surface area contributed by atoms with E-state index in [1.807, 2.05) is 0 Å². The predicted molar refractivity (Wildman–Crippen MR) is 43.7 cm³/mol. The summed E-state index contributed by atoms with van der Waals surface area (Å²) in [6.45, 7) is 0. The van der Waals surface area contributed by atoms with Crippen LogP contribution in [0.5, 0.6) is 0 Å². The SMILES string of the molecule is BrCC1CCCC1.[H-].[H-].[Mg+2]. The third-order valence-corrected chi connectivity index (χ3v) is 2.61. The molecule has 2 heteroatoms. The summed E-state index contributed by atoms with van der Waals surface area (Å²) in [5, 5.41) is 1.23. The van der Waals surface area contributed by atoms with Gasteiger partial charge in [0.15, 0.2) is 0 Å². The summed E-state index contributed by atoms with van der Waals surface area (Å²) in [5.74, 6) is 1.01. The fraction of sp³-hybridized carbons (Fsp3) is 1.00. The van der Waals surface area contributed by atoms with Crippen molar-refractivity contribution >= 4 is 39.0 Å². The molecule has 0 spiro atoms. The summed E-state index contributed by atoms with van der Waals surface area (Å²) in [6.07, 6.45) is 5.86. The molecule has 0 unspecified atom stereocenters. The molecule has 0 heterocycles. The Labute approximate surface area is 78.7 Å². The molecule has 8 heavy (non-hydrogen) atoms. The smallest absolute Gasteiger partial charge is 1.00 e. The Morgan fingerprint density at radius 1 is 1.38 bits per heavy atom. The minimum atomic E-state index is 0. The van der Waals surface area contributed by atoms with Gasteiger partial charge in [-0.05, 0) is 18.8 Å². The second-order valence-corrected chi connectivity index (χ2v) is 2.95. The van der Waals surface area contributed by atoms with Gasteiger partial charge in [-0.2, -0.15) is 0 Å². The maximum Gasteiger partial charge on any atom is 2.00 e. The van der Waals surface area contributed by atoms with Crippen LogP contribution in [0.2, 0.25) is 0 Å². The summed E-state index contributed by atoms with van der Waals surface area (Å²) >= 11 is 3.48. The van der Waals surface area contributed by atoms with E-state index in [0.29, 0.717) is 0 Å². The maximum absolute atomic E-state index is 3.48. The van der Waals surface area contributed by atoms with Crippen LogP contribution in [0.3, 0.4) is 0 Å². The van der Waals surface area contributed by atoms with Gasteiger partial charge in [0.25, 0.3) is 0 Å². The van der Waals surface area contributed by atoms with E-state index >= 15 is 0 Å². The monoisotopic (exact) mass is 188 g/mol. The minimum absolute atomic E-state index is 0. The Morgan fingerprint density at radius 2 is 1.88 bits per heavy atom. The number of halogens is 1. The molecule has 0 bridgehead atoms. The van der Waals surface area contributed by atoms with Gasteiger partial charge in [-0.15, -0.1) is 0 Å². The van der Waals surface area contributed by atoms with Gasteiger partial charge in [-0.25, -0.2) is 0 Å². The molecule has 1 aliphatic rings. The van der Waals surface area contributed by atoms with Gasteiger partial charge in [-0.3, -0.25) is 0 Å². The van der Waals surface area contributed by atoms with Crippen molar-refractivity contribution in [1.29, 1.82) is 0 Å². The molecule has 0 nitrogen and oxygen atoms in total. The molecule has 0 radical (unpaired) electrons. The van der Waals surface area contributed by atoms with E-state index in [1.54, 1.807) is 0 Å². The summed E-state index contributed by atoms with van der Waals surface area (Å²) in [5.41, 5.74) is 0. The average Bonchev–Trinajstić information content (AvgIpc) is 2.14. The molecule has 1 aliphatic carbocycles. The third kappa shape index (κ3) is 2.69. The minimum Gasteiger partial charge on any atom is -1.00 e. The molecule has 46 valence electrons. The van der Waals surface area contributed by atoms with Gasteiger partial charge in [0.05, 0.1) is 0 Å². The van der Waals surface area contributed by atoms with Crippen LogP contribution in [0, 0.1) is 5.92 Å². The number of hydrogen-bond acceptors (Lipinski definition) is 0. The Morgan fingerprint density at radius 3 is 2.12 bits per heavy atom. The van der Waals surface area contributed by atoms with Gasteiger partial charge >= 0.3 is 23.1 Å². The van der Waals surface area contributed by atoms with Gasteiger partial charge in [-0.1, -0.05) is 28.8 Å². The number of rotatable bonds is 1. The Bertz CT molecular complexity index is 57.7. The fourth-order valence-corrected chi connectivity index (χ4v) is 1.81. The van der Waals surface area contributed by atoms with E-state index in [1.165, 1.54) is 31.0 Å². The molecule has 0 aliphatic heterocycles. The van der Waals surface area contributed by atoms with Crippen LogP contribution < -0.4 is 0 Å². The van der Waals surface area contributed by atoms with Gasteiger partial charge in [0.2, 0.25) is 0 Å². The molecule has 0 saturated heterocycles. The van der Waals surface area contributed by atoms with Crippen LogP contribution in [0.1, 0.15) is 28.5 Å². The second kappa shape index (κ2) is 5.06. The van der Waals surface area contributed by atoms with Crippen LogP contribution in [0.4, 0.5) is 0 Å². The molecule has 0 aromatic carbocycles. The first-order valence-corrected chi connectivity index (χ1v) is 4.11. The molecule has 0 atom stereocenters. The topological polar surface area (TPSA) is 0 Å². The van der Waals surface area contributed by atoms with Gasteiger partial charge in [0, 0.05) is 5.33 Å². The number of alkyl halides is 1. The standard InChI is InChI=1S/C6H11Br.Mg.2H/c7-5-6-3-1-2-4-6;;;/h6H,1-5H2;;;/q;+2;2*-1. The van der Waals surface area contributed by atoms with E-state index in [9.17, 15) is 0 Å². The van der Waals surface area contributed by atoms with Crippen LogP contribution in [0.25, 0.3) is 0 Å². The zero-order valence-corrected chi connectivity index (χ0v) is 8.20. The summed E-state index contributed by atoms with van der Waals surface area (Å²) < 4.78 is 0. The van der Waals surface area contributed by atoms with E-state index in [4.69, 9.17) is 0 Å². The van der Waals surface area contributed by atoms with Crippen molar-refractivity contribution in [2.75, 3.05) is 5.33 Å². The fourth-order valence-electron chi connectivity index (χ4n) is 1.16. The average molecular weight is 189 g/mol. The number of hydrogen-bond donors (Lipinski definition) is 0. The van der Waals surface area contributed by atoms with E-state index in [2.05, 4.69) is 15.9 Å². The summed E-state index contributed by atoms with van der Waals surface area (Å²) in [6, 6.07) is 0. The maximum atomic E-state index is 3.48. The Kier molecular flexibility index (Phi) is 5.85. The van der Waals surface area contributed by atoms with Crippen molar-refractivity contribution in [3.8, 4) is 0 Å². The molecule has 0 amide bonds. The Balaban J connectivity index is -0.000000163. The normalized spacial score (nSPS) is 20.6. The molecule has 1 saturated carbocycles. The third-order valence-electron chi connectivity index (χ3n) is 1.69. The van der Waals surface area contributed by atoms with Crippen molar-refractivity contribution in [1.82, 2.24) is 0 Å². The Hall–Kier alpha value is 1.25. The quantitative estimate of drug-likeness (QED) is 0.439. The van der Waals surface area contributed by atoms with Crippen molar-refractivity contribution in [3.05, 3.63) is 0 Å². The van der Waals surface area contributed by atoms with Crippen LogP contribution >= 0.6 is 15.9 Å². The zero-order valence-electron chi connectivity index (χ0n) is 7.20. The second-order valence-electron chi connectivity index (χ2n) is 2.30. The van der Waals surface area contributed by atoms with Crippen LogP contribution in [-0.2, 0) is 0 Å². The largest absolute Gasteiger partial charge is 2.00 e.